The smallest absolute Gasteiger partial charge is 0.0449 e. The Labute approximate surface area is 102 Å². The van der Waals surface area contributed by atoms with Crippen LogP contribution in [-0.2, 0) is 0 Å². The Morgan fingerprint density at radius 2 is 2.19 bits per heavy atom. The summed E-state index contributed by atoms with van der Waals surface area (Å²) in [6.45, 7) is 3.14. The topological polar surface area (TPSA) is 15.3 Å². The first kappa shape index (κ1) is 11.5. The van der Waals surface area contributed by atoms with Crippen molar-refractivity contribution in [2.75, 3.05) is 24.5 Å². The molecule has 16 heavy (non-hydrogen) atoms. The molecule has 0 aliphatic carbocycles. The zero-order valence-corrected chi connectivity index (χ0v) is 10.0. The minimum atomic E-state index is 0.506. The van der Waals surface area contributed by atoms with Crippen LogP contribution in [0.4, 0.5) is 5.69 Å². The Bertz CT molecular complexity index is 337. The van der Waals surface area contributed by atoms with Crippen molar-refractivity contribution in [1.29, 1.82) is 0 Å². The normalized spacial score (nSPS) is 21.6. The van der Waals surface area contributed by atoms with Crippen molar-refractivity contribution in [3.63, 3.8) is 0 Å². The first-order valence-corrected chi connectivity index (χ1v) is 6.13. The fourth-order valence-electron chi connectivity index (χ4n) is 2.14. The van der Waals surface area contributed by atoms with Gasteiger partial charge in [-0.2, -0.15) is 0 Å². The molecule has 0 radical (unpaired) electrons. The van der Waals surface area contributed by atoms with E-state index in [1.165, 1.54) is 5.69 Å². The van der Waals surface area contributed by atoms with Crippen molar-refractivity contribution < 1.29 is 0 Å². The molecule has 0 amide bonds. The largest absolute Gasteiger partial charge is 0.366 e. The summed E-state index contributed by atoms with van der Waals surface area (Å²) in [7, 11) is 0. The number of piperazine rings is 1. The highest BCUT2D eigenvalue weighted by Gasteiger charge is 2.20. The number of para-hydroxylation sites is 1. The number of nitrogens with one attached hydrogen (secondary N) is 1. The number of benzene rings is 1. The summed E-state index contributed by atoms with van der Waals surface area (Å²) in [5.41, 5.74) is 2.91. The van der Waals surface area contributed by atoms with E-state index in [9.17, 15) is 0 Å². The van der Waals surface area contributed by atoms with Crippen molar-refractivity contribution in [2.45, 2.75) is 12.5 Å². The molecule has 0 saturated carbocycles. The predicted octanol–water partition coefficient (Wildman–Crippen LogP) is 2.61. The van der Waals surface area contributed by atoms with E-state index in [0.717, 1.165) is 26.1 Å². The van der Waals surface area contributed by atoms with E-state index in [0.29, 0.717) is 6.04 Å². The average Bonchev–Trinajstić information content (AvgIpc) is 2.38. The van der Waals surface area contributed by atoms with Crippen molar-refractivity contribution in [2.24, 2.45) is 0 Å². The second-order valence-corrected chi connectivity index (χ2v) is 4.24. The molecule has 2 nitrogen and oxygen atoms in total. The van der Waals surface area contributed by atoms with Gasteiger partial charge in [0.05, 0.1) is 0 Å². The lowest BCUT2D eigenvalue weighted by Gasteiger charge is -2.37. The van der Waals surface area contributed by atoms with Crippen LogP contribution in [-0.4, -0.2) is 25.7 Å². The lowest BCUT2D eigenvalue weighted by Crippen LogP contribution is -2.51. The number of hydrogen-bond acceptors (Lipinski definition) is 2. The van der Waals surface area contributed by atoms with Crippen molar-refractivity contribution in [1.82, 2.24) is 5.32 Å². The Hall–Kier alpha value is -0.990. The summed E-state index contributed by atoms with van der Waals surface area (Å²) in [4.78, 5) is 2.45. The number of anilines is 1. The third-order valence-corrected chi connectivity index (χ3v) is 3.11. The van der Waals surface area contributed by atoms with E-state index in [1.807, 2.05) is 6.08 Å². The van der Waals surface area contributed by atoms with Gasteiger partial charge in [-0.15, -0.1) is 0 Å². The first-order chi connectivity index (χ1) is 7.92. The van der Waals surface area contributed by atoms with Crippen LogP contribution < -0.4 is 10.2 Å². The van der Waals surface area contributed by atoms with Gasteiger partial charge in [-0.05, 0) is 18.6 Å². The van der Waals surface area contributed by atoms with Crippen LogP contribution in [0.3, 0.4) is 0 Å². The molecule has 1 aliphatic rings. The summed E-state index contributed by atoms with van der Waals surface area (Å²) in [5, 5.41) is 3.42. The molecule has 86 valence electrons. The quantitative estimate of drug-likeness (QED) is 0.868. The second-order valence-electron chi connectivity index (χ2n) is 3.98. The van der Waals surface area contributed by atoms with E-state index < -0.39 is 0 Å². The molecule has 0 aromatic heterocycles. The minimum Gasteiger partial charge on any atom is -0.366 e. The molecule has 1 N–H and O–H groups in total. The van der Waals surface area contributed by atoms with Crippen LogP contribution in [0.25, 0.3) is 0 Å². The SMILES string of the molecule is ClC=CCC1CNCCN1c1ccccc1. The zero-order valence-electron chi connectivity index (χ0n) is 9.27. The molecular formula is C13H17ClN2. The van der Waals surface area contributed by atoms with Gasteiger partial charge in [-0.25, -0.2) is 0 Å². The third kappa shape index (κ3) is 2.77. The summed E-state index contributed by atoms with van der Waals surface area (Å²) >= 11 is 5.59. The first-order valence-electron chi connectivity index (χ1n) is 5.69. The molecule has 3 heteroatoms. The Kier molecular flexibility index (Phi) is 4.25. The van der Waals surface area contributed by atoms with Crippen molar-refractivity contribution in [3.05, 3.63) is 41.9 Å². The molecular weight excluding hydrogens is 220 g/mol. The molecule has 2 rings (SSSR count). The zero-order chi connectivity index (χ0) is 11.2. The van der Waals surface area contributed by atoms with Gasteiger partial charge >= 0.3 is 0 Å². The average molecular weight is 237 g/mol. The Morgan fingerprint density at radius 3 is 2.94 bits per heavy atom. The van der Waals surface area contributed by atoms with Gasteiger partial charge in [0.15, 0.2) is 0 Å². The van der Waals surface area contributed by atoms with Gasteiger partial charge in [-0.1, -0.05) is 35.9 Å². The maximum Gasteiger partial charge on any atom is 0.0449 e. The highest BCUT2D eigenvalue weighted by Crippen LogP contribution is 2.19. The monoisotopic (exact) mass is 236 g/mol. The fraction of sp³-hybridized carbons (Fsp3) is 0.385. The molecule has 1 aromatic rings. The fourth-order valence-corrected chi connectivity index (χ4v) is 2.24. The minimum absolute atomic E-state index is 0.506. The van der Waals surface area contributed by atoms with Gasteiger partial charge in [-0.3, -0.25) is 0 Å². The van der Waals surface area contributed by atoms with Crippen LogP contribution in [0.2, 0.25) is 0 Å². The van der Waals surface area contributed by atoms with Crippen LogP contribution >= 0.6 is 11.6 Å². The highest BCUT2D eigenvalue weighted by molar-refractivity contribution is 6.25. The van der Waals surface area contributed by atoms with E-state index in [2.05, 4.69) is 40.5 Å². The highest BCUT2D eigenvalue weighted by atomic mass is 35.5. The molecule has 1 saturated heterocycles. The molecule has 1 atom stereocenters. The number of nitrogens with zero attached hydrogens (tertiary/aromatic N) is 1. The predicted molar refractivity (Wildman–Crippen MR) is 70.1 cm³/mol. The van der Waals surface area contributed by atoms with Gasteiger partial charge in [0.25, 0.3) is 0 Å². The molecule has 1 fully saturated rings. The summed E-state index contributed by atoms with van der Waals surface area (Å²) in [5.74, 6) is 0. The van der Waals surface area contributed by atoms with E-state index in [1.54, 1.807) is 5.54 Å². The molecule has 1 aromatic carbocycles. The summed E-state index contributed by atoms with van der Waals surface area (Å²) in [6, 6.07) is 11.1. The number of rotatable bonds is 3. The van der Waals surface area contributed by atoms with Gasteiger partial charge in [0.2, 0.25) is 0 Å². The van der Waals surface area contributed by atoms with E-state index in [4.69, 9.17) is 11.6 Å². The maximum atomic E-state index is 5.59. The molecule has 1 aliphatic heterocycles. The van der Waals surface area contributed by atoms with Gasteiger partial charge in [0, 0.05) is 36.9 Å². The molecule has 0 spiro atoms. The van der Waals surface area contributed by atoms with Gasteiger partial charge < -0.3 is 10.2 Å². The van der Waals surface area contributed by atoms with Crippen LogP contribution in [0.1, 0.15) is 6.42 Å². The lowest BCUT2D eigenvalue weighted by atomic mass is 10.1. The summed E-state index contributed by atoms with van der Waals surface area (Å²) < 4.78 is 0. The van der Waals surface area contributed by atoms with Crippen LogP contribution in [0.15, 0.2) is 41.9 Å². The number of hydrogen-bond donors (Lipinski definition) is 1. The van der Waals surface area contributed by atoms with Crippen LogP contribution in [0.5, 0.6) is 0 Å². The summed E-state index contributed by atoms with van der Waals surface area (Å²) in [6.07, 6.45) is 3.01. The molecule has 0 bridgehead atoms. The van der Waals surface area contributed by atoms with E-state index >= 15 is 0 Å². The lowest BCUT2D eigenvalue weighted by molar-refractivity contribution is 0.478. The third-order valence-electron chi connectivity index (χ3n) is 2.94. The Balaban J connectivity index is 2.10. The van der Waals surface area contributed by atoms with Crippen molar-refractivity contribution in [3.8, 4) is 0 Å². The van der Waals surface area contributed by atoms with Gasteiger partial charge in [0.1, 0.15) is 0 Å². The Morgan fingerprint density at radius 1 is 1.38 bits per heavy atom. The number of halogens is 1. The second kappa shape index (κ2) is 5.92. The molecule has 1 unspecified atom stereocenters. The maximum absolute atomic E-state index is 5.59. The van der Waals surface area contributed by atoms with E-state index in [-0.39, 0.29) is 0 Å². The standard InChI is InChI=1S/C13H17ClN2/c14-8-4-7-13-11-15-9-10-16(13)12-5-2-1-3-6-12/h1-6,8,13,15H,7,9-11H2. The van der Waals surface area contributed by atoms with Crippen LogP contribution in [0, 0.1) is 0 Å². The van der Waals surface area contributed by atoms with Crippen molar-refractivity contribution >= 4 is 17.3 Å². The molecule has 1 heterocycles.